The van der Waals surface area contributed by atoms with Crippen molar-refractivity contribution in [2.75, 3.05) is 12.4 Å². The first-order valence-electron chi connectivity index (χ1n) is 15.2. The van der Waals surface area contributed by atoms with Gasteiger partial charge in [-0.05, 0) is 62.9 Å². The third kappa shape index (κ3) is 4.91. The minimum absolute atomic E-state index is 0.0472. The molecule has 0 atom stereocenters. The van der Waals surface area contributed by atoms with Crippen LogP contribution in [0.25, 0.3) is 39.6 Å². The van der Waals surface area contributed by atoms with Gasteiger partial charge < -0.3 is 15.8 Å². The van der Waals surface area contributed by atoms with Gasteiger partial charge in [0.25, 0.3) is 0 Å². The molecule has 8 heteroatoms. The van der Waals surface area contributed by atoms with Gasteiger partial charge in [0, 0.05) is 40.4 Å². The zero-order chi connectivity index (χ0) is 31.3. The molecule has 0 unspecified atom stereocenters. The Hall–Kier alpha value is -5.08. The van der Waals surface area contributed by atoms with Crippen molar-refractivity contribution in [1.29, 1.82) is 0 Å². The fraction of sp³-hybridized carbons (Fsp3) is 0.243. The largest absolute Gasteiger partial charge is 0.469 e. The number of Topliss-reactive ketones (excluding diaryl/α,β-unsaturated/α-hetero) is 1. The predicted octanol–water partition coefficient (Wildman–Crippen LogP) is 7.44. The van der Waals surface area contributed by atoms with Crippen molar-refractivity contribution < 1.29 is 14.3 Å². The van der Waals surface area contributed by atoms with Gasteiger partial charge >= 0.3 is 5.97 Å². The zero-order valence-electron chi connectivity index (χ0n) is 25.6. The van der Waals surface area contributed by atoms with Crippen LogP contribution in [0.15, 0.2) is 91.1 Å². The normalized spacial score (nSPS) is 14.6. The molecule has 3 aromatic carbocycles. The number of hydrogen-bond donors (Lipinski definition) is 2. The molecule has 2 aliphatic rings. The molecule has 0 saturated heterocycles. The fourth-order valence-electron chi connectivity index (χ4n) is 6.36. The van der Waals surface area contributed by atoms with Crippen molar-refractivity contribution in [3.8, 4) is 39.6 Å². The number of esters is 1. The first kappa shape index (κ1) is 28.7. The number of ketones is 1. The van der Waals surface area contributed by atoms with Crippen LogP contribution in [-0.2, 0) is 15.1 Å². The molecule has 0 spiro atoms. The first-order valence-corrected chi connectivity index (χ1v) is 15.2. The minimum atomic E-state index is -0.921. The summed E-state index contributed by atoms with van der Waals surface area (Å²) in [4.78, 5) is 35.4. The van der Waals surface area contributed by atoms with Crippen molar-refractivity contribution in [3.05, 3.63) is 102 Å². The Morgan fingerprint density at radius 2 is 1.67 bits per heavy atom. The summed E-state index contributed by atoms with van der Waals surface area (Å²) in [6.07, 6.45) is 4.95. The van der Waals surface area contributed by atoms with E-state index in [1.54, 1.807) is 20.0 Å². The number of nitrogens with one attached hydrogen (secondary N) is 1. The molecule has 0 bridgehead atoms. The Kier molecular flexibility index (Phi) is 6.89. The lowest BCUT2D eigenvalue weighted by Gasteiger charge is -2.38. The van der Waals surface area contributed by atoms with Crippen LogP contribution in [0.2, 0.25) is 0 Å². The topological polar surface area (TPSA) is 112 Å². The lowest BCUT2D eigenvalue weighted by Crippen LogP contribution is -2.43. The molecular weight excluding hydrogens is 562 g/mol. The van der Waals surface area contributed by atoms with Gasteiger partial charge in [-0.1, -0.05) is 60.7 Å². The van der Waals surface area contributed by atoms with E-state index in [0.29, 0.717) is 5.56 Å². The van der Waals surface area contributed by atoms with Gasteiger partial charge in [0.05, 0.1) is 35.3 Å². The number of benzene rings is 3. The SMILES string of the molecule is COC(=O)C(C)(C)CC(=O)c1ccc(-c2nc3n(c2-c2ccc(C4(N)CCC4)cc2)-c2cccnc2Nc2ccccc2-3)cc1. The number of nitrogens with zero attached hydrogens (tertiary/aromatic N) is 3. The predicted molar refractivity (Wildman–Crippen MR) is 175 cm³/mol. The zero-order valence-corrected chi connectivity index (χ0v) is 25.6. The van der Waals surface area contributed by atoms with Crippen LogP contribution in [0.5, 0.6) is 0 Å². The molecule has 1 saturated carbocycles. The number of rotatable bonds is 7. The van der Waals surface area contributed by atoms with Gasteiger partial charge in [-0.25, -0.2) is 9.97 Å². The maximum Gasteiger partial charge on any atom is 0.311 e. The molecule has 0 radical (unpaired) electrons. The van der Waals surface area contributed by atoms with E-state index in [1.165, 1.54) is 7.11 Å². The highest BCUT2D eigenvalue weighted by molar-refractivity contribution is 5.99. The molecule has 1 aliphatic carbocycles. The number of fused-ring (bicyclic) bond motifs is 5. The molecule has 226 valence electrons. The van der Waals surface area contributed by atoms with Gasteiger partial charge in [-0.15, -0.1) is 0 Å². The number of methoxy groups -OCH3 is 1. The van der Waals surface area contributed by atoms with Gasteiger partial charge in [-0.3, -0.25) is 14.2 Å². The Balaban J connectivity index is 1.38. The molecule has 7 rings (SSSR count). The van der Waals surface area contributed by atoms with Crippen LogP contribution in [0.4, 0.5) is 11.5 Å². The summed E-state index contributed by atoms with van der Waals surface area (Å²) in [5.41, 5.74) is 13.5. The van der Waals surface area contributed by atoms with Gasteiger partial charge in [0.2, 0.25) is 0 Å². The number of anilines is 2. The Morgan fingerprint density at radius 3 is 2.36 bits per heavy atom. The number of hydrogen-bond acceptors (Lipinski definition) is 7. The molecule has 1 fully saturated rings. The smallest absolute Gasteiger partial charge is 0.311 e. The standard InChI is InChI=1S/C37H35N5O3/c1-36(2,35(44)45-3)22-30(43)23-11-13-24(14-12-23)31-32(25-15-17-26(18-16-25)37(38)19-7-20-37)42-29-10-6-21-39-33(29)40-28-9-5-4-8-27(28)34(42)41-31/h4-6,8-18,21H,7,19-20,22,38H2,1-3H3,(H,39,40). The first-order chi connectivity index (χ1) is 21.7. The van der Waals surface area contributed by atoms with E-state index >= 15 is 0 Å². The highest BCUT2D eigenvalue weighted by atomic mass is 16.5. The summed E-state index contributed by atoms with van der Waals surface area (Å²) >= 11 is 0. The van der Waals surface area contributed by atoms with Crippen LogP contribution in [0.1, 0.15) is 55.5 Å². The number of pyridine rings is 1. The number of ether oxygens (including phenoxy) is 1. The molecule has 0 amide bonds. The summed E-state index contributed by atoms with van der Waals surface area (Å²) in [6.45, 7) is 3.44. The van der Waals surface area contributed by atoms with E-state index in [1.807, 2.05) is 54.6 Å². The van der Waals surface area contributed by atoms with Gasteiger partial charge in [-0.2, -0.15) is 0 Å². The second-order valence-electron chi connectivity index (χ2n) is 12.6. The molecule has 3 N–H and O–H groups in total. The lowest BCUT2D eigenvalue weighted by molar-refractivity contribution is -0.150. The highest BCUT2D eigenvalue weighted by Gasteiger charge is 2.35. The van der Waals surface area contributed by atoms with E-state index in [9.17, 15) is 9.59 Å². The van der Waals surface area contributed by atoms with E-state index in [2.05, 4.69) is 40.2 Å². The quantitative estimate of drug-likeness (QED) is 0.145. The summed E-state index contributed by atoms with van der Waals surface area (Å²) in [5, 5.41) is 3.51. The maximum atomic E-state index is 13.2. The molecular formula is C37H35N5O3. The summed E-state index contributed by atoms with van der Waals surface area (Å²) in [7, 11) is 1.34. The van der Waals surface area contributed by atoms with Crippen LogP contribution >= 0.6 is 0 Å². The Morgan fingerprint density at radius 1 is 0.956 bits per heavy atom. The van der Waals surface area contributed by atoms with Crippen LogP contribution in [-0.4, -0.2) is 33.4 Å². The van der Waals surface area contributed by atoms with Crippen molar-refractivity contribution in [3.63, 3.8) is 0 Å². The maximum absolute atomic E-state index is 13.2. The number of carbonyl (C=O) groups excluding carboxylic acids is 2. The van der Waals surface area contributed by atoms with E-state index in [4.69, 9.17) is 20.4 Å². The van der Waals surface area contributed by atoms with E-state index in [-0.39, 0.29) is 17.7 Å². The molecule has 5 aromatic rings. The Labute approximate surface area is 262 Å². The average Bonchev–Trinajstić information content (AvgIpc) is 3.37. The summed E-state index contributed by atoms with van der Waals surface area (Å²) < 4.78 is 7.07. The van der Waals surface area contributed by atoms with Gasteiger partial charge in [0.1, 0.15) is 5.82 Å². The van der Waals surface area contributed by atoms with Crippen molar-refractivity contribution in [1.82, 2.24) is 14.5 Å². The molecule has 2 aromatic heterocycles. The summed E-state index contributed by atoms with van der Waals surface area (Å²) in [6, 6.07) is 28.1. The third-order valence-corrected chi connectivity index (χ3v) is 9.13. The number of nitrogens with two attached hydrogens (primary N) is 1. The van der Waals surface area contributed by atoms with E-state index in [0.717, 1.165) is 75.9 Å². The Bertz CT molecular complexity index is 1940. The number of carbonyl (C=O) groups is 2. The highest BCUT2D eigenvalue weighted by Crippen LogP contribution is 2.45. The average molecular weight is 598 g/mol. The van der Waals surface area contributed by atoms with Crippen molar-refractivity contribution >= 4 is 23.3 Å². The monoisotopic (exact) mass is 597 g/mol. The molecule has 45 heavy (non-hydrogen) atoms. The number of aromatic nitrogens is 3. The second-order valence-corrected chi connectivity index (χ2v) is 12.6. The fourth-order valence-corrected chi connectivity index (χ4v) is 6.36. The van der Waals surface area contributed by atoms with Crippen molar-refractivity contribution in [2.24, 2.45) is 11.1 Å². The molecule has 8 nitrogen and oxygen atoms in total. The minimum Gasteiger partial charge on any atom is -0.469 e. The van der Waals surface area contributed by atoms with E-state index < -0.39 is 11.4 Å². The number of imidazole rings is 1. The summed E-state index contributed by atoms with van der Waals surface area (Å²) in [5.74, 6) is 0.980. The third-order valence-electron chi connectivity index (χ3n) is 9.13. The second kappa shape index (κ2) is 10.8. The molecule has 1 aliphatic heterocycles. The van der Waals surface area contributed by atoms with Crippen LogP contribution in [0, 0.1) is 5.41 Å². The van der Waals surface area contributed by atoms with Gasteiger partial charge in [0.15, 0.2) is 11.6 Å². The van der Waals surface area contributed by atoms with Crippen molar-refractivity contribution in [2.45, 2.75) is 45.1 Å². The lowest BCUT2D eigenvalue weighted by atomic mass is 9.72. The molecule has 3 heterocycles. The van der Waals surface area contributed by atoms with Crippen LogP contribution in [0.3, 0.4) is 0 Å². The number of para-hydroxylation sites is 1. The van der Waals surface area contributed by atoms with Crippen LogP contribution < -0.4 is 11.1 Å².